The maximum atomic E-state index is 12.3. The van der Waals surface area contributed by atoms with Crippen LogP contribution in [0.3, 0.4) is 0 Å². The van der Waals surface area contributed by atoms with E-state index in [1.54, 1.807) is 6.07 Å². The third-order valence-electron chi connectivity index (χ3n) is 3.65. The van der Waals surface area contributed by atoms with Crippen LogP contribution in [0.2, 0.25) is 0 Å². The first-order chi connectivity index (χ1) is 11.6. The Hall–Kier alpha value is -2.37. The van der Waals surface area contributed by atoms with Crippen molar-refractivity contribution in [2.75, 3.05) is 13.7 Å². The molecule has 1 aromatic carbocycles. The van der Waals surface area contributed by atoms with Gasteiger partial charge in [-0.3, -0.25) is 0 Å². The van der Waals surface area contributed by atoms with Gasteiger partial charge in [0.2, 0.25) is 0 Å². The monoisotopic (exact) mass is 338 g/mol. The van der Waals surface area contributed by atoms with Crippen molar-refractivity contribution < 1.29 is 27.8 Å². The number of benzene rings is 1. The largest absolute Gasteiger partial charge is 0.493 e. The fourth-order valence-electron chi connectivity index (χ4n) is 2.40. The molecule has 6 heteroatoms. The van der Waals surface area contributed by atoms with Crippen LogP contribution >= 0.6 is 0 Å². The molecule has 0 bridgehead atoms. The molecule has 0 spiro atoms. The molecule has 0 saturated carbocycles. The molecule has 130 valence electrons. The SMILES string of the molecule is COc1cc(C=CC(=O)OCC2CC=CCC2)ccc1OC(F)F. The minimum atomic E-state index is -2.93. The molecule has 0 amide bonds. The highest BCUT2D eigenvalue weighted by Crippen LogP contribution is 2.29. The van der Waals surface area contributed by atoms with Crippen LogP contribution < -0.4 is 9.47 Å². The Bertz CT molecular complexity index is 611. The molecule has 1 aromatic rings. The average Bonchev–Trinajstić information content (AvgIpc) is 2.59. The van der Waals surface area contributed by atoms with Crippen molar-refractivity contribution in [1.82, 2.24) is 0 Å². The van der Waals surface area contributed by atoms with E-state index in [1.165, 1.54) is 31.4 Å². The first-order valence-electron chi connectivity index (χ1n) is 7.71. The molecule has 0 N–H and O–H groups in total. The van der Waals surface area contributed by atoms with Crippen molar-refractivity contribution in [3.63, 3.8) is 0 Å². The molecule has 4 nitrogen and oxygen atoms in total. The molecule has 0 fully saturated rings. The second-order valence-corrected chi connectivity index (χ2v) is 5.40. The molecule has 24 heavy (non-hydrogen) atoms. The summed E-state index contributed by atoms with van der Waals surface area (Å²) in [5, 5.41) is 0. The van der Waals surface area contributed by atoms with E-state index in [2.05, 4.69) is 16.9 Å². The van der Waals surface area contributed by atoms with E-state index in [0.29, 0.717) is 18.1 Å². The van der Waals surface area contributed by atoms with Gasteiger partial charge in [-0.05, 0) is 49.0 Å². The van der Waals surface area contributed by atoms with E-state index in [4.69, 9.17) is 9.47 Å². The summed E-state index contributed by atoms with van der Waals surface area (Å²) in [4.78, 5) is 11.7. The fourth-order valence-corrected chi connectivity index (χ4v) is 2.40. The summed E-state index contributed by atoms with van der Waals surface area (Å²) in [5.74, 6) is 0.0482. The Morgan fingerprint density at radius 2 is 2.17 bits per heavy atom. The van der Waals surface area contributed by atoms with Gasteiger partial charge in [0, 0.05) is 6.08 Å². The second kappa shape index (κ2) is 9.05. The highest BCUT2D eigenvalue weighted by Gasteiger charge is 2.12. The van der Waals surface area contributed by atoms with Crippen LogP contribution in [0.1, 0.15) is 24.8 Å². The molecular formula is C18H20F2O4. The summed E-state index contributed by atoms with van der Waals surface area (Å²) in [6.07, 6.45) is 10.1. The van der Waals surface area contributed by atoms with E-state index in [9.17, 15) is 13.6 Å². The molecular weight excluding hydrogens is 318 g/mol. The third kappa shape index (κ3) is 5.68. The Morgan fingerprint density at radius 3 is 2.83 bits per heavy atom. The molecule has 0 saturated heterocycles. The lowest BCUT2D eigenvalue weighted by Crippen LogP contribution is -2.13. The zero-order valence-corrected chi connectivity index (χ0v) is 13.4. The van der Waals surface area contributed by atoms with Gasteiger partial charge >= 0.3 is 12.6 Å². The first-order valence-corrected chi connectivity index (χ1v) is 7.71. The van der Waals surface area contributed by atoms with Crippen LogP contribution in [0, 0.1) is 5.92 Å². The number of rotatable bonds is 7. The Balaban J connectivity index is 1.90. The number of esters is 1. The zero-order chi connectivity index (χ0) is 17.4. The number of ether oxygens (including phenoxy) is 3. The number of hydrogen-bond acceptors (Lipinski definition) is 4. The van der Waals surface area contributed by atoms with Gasteiger partial charge < -0.3 is 14.2 Å². The highest BCUT2D eigenvalue weighted by molar-refractivity contribution is 5.87. The second-order valence-electron chi connectivity index (χ2n) is 5.40. The lowest BCUT2D eigenvalue weighted by atomic mass is 9.95. The number of carbonyl (C=O) groups is 1. The van der Waals surface area contributed by atoms with Gasteiger partial charge in [0.25, 0.3) is 0 Å². The minimum absolute atomic E-state index is 0.0578. The summed E-state index contributed by atoms with van der Waals surface area (Å²) < 4.78 is 39.1. The molecule has 2 rings (SSSR count). The predicted molar refractivity (Wildman–Crippen MR) is 86.1 cm³/mol. The van der Waals surface area contributed by atoms with Crippen LogP contribution in [0.25, 0.3) is 6.08 Å². The fraction of sp³-hybridized carbons (Fsp3) is 0.389. The molecule has 0 radical (unpaired) electrons. The molecule has 1 unspecified atom stereocenters. The number of methoxy groups -OCH3 is 1. The molecule has 1 atom stereocenters. The highest BCUT2D eigenvalue weighted by atomic mass is 19.3. The Kier molecular flexibility index (Phi) is 6.78. The van der Waals surface area contributed by atoms with E-state index in [-0.39, 0.29) is 11.5 Å². The smallest absolute Gasteiger partial charge is 0.387 e. The normalized spacial score (nSPS) is 17.2. The number of hydrogen-bond donors (Lipinski definition) is 0. The molecule has 0 heterocycles. The summed E-state index contributed by atoms with van der Waals surface area (Å²) in [7, 11) is 1.36. The average molecular weight is 338 g/mol. The van der Waals surface area contributed by atoms with E-state index < -0.39 is 12.6 Å². The summed E-state index contributed by atoms with van der Waals surface area (Å²) in [6.45, 7) is -2.53. The van der Waals surface area contributed by atoms with E-state index >= 15 is 0 Å². The standard InChI is InChI=1S/C18H20F2O4/c1-22-16-11-13(7-9-15(16)24-18(19)20)8-10-17(21)23-12-14-5-3-2-4-6-14/h2-3,7-11,14,18H,4-6,12H2,1H3. The van der Waals surface area contributed by atoms with Gasteiger partial charge in [-0.1, -0.05) is 18.2 Å². The summed E-state index contributed by atoms with van der Waals surface area (Å²) in [6, 6.07) is 4.42. The van der Waals surface area contributed by atoms with E-state index in [1.807, 2.05) is 0 Å². The van der Waals surface area contributed by atoms with Crippen molar-refractivity contribution >= 4 is 12.0 Å². The van der Waals surface area contributed by atoms with Gasteiger partial charge in [-0.2, -0.15) is 8.78 Å². The maximum absolute atomic E-state index is 12.3. The van der Waals surface area contributed by atoms with Crippen molar-refractivity contribution in [3.05, 3.63) is 42.0 Å². The van der Waals surface area contributed by atoms with Crippen molar-refractivity contribution in [2.24, 2.45) is 5.92 Å². The Morgan fingerprint density at radius 1 is 1.33 bits per heavy atom. The van der Waals surface area contributed by atoms with Gasteiger partial charge in [-0.15, -0.1) is 0 Å². The first kappa shape index (κ1) is 18.0. The molecule has 0 aliphatic heterocycles. The maximum Gasteiger partial charge on any atom is 0.387 e. The zero-order valence-electron chi connectivity index (χ0n) is 13.4. The quantitative estimate of drug-likeness (QED) is 0.424. The summed E-state index contributed by atoms with van der Waals surface area (Å²) in [5.41, 5.74) is 0.617. The van der Waals surface area contributed by atoms with Crippen LogP contribution in [-0.2, 0) is 9.53 Å². The van der Waals surface area contributed by atoms with Crippen LogP contribution in [-0.4, -0.2) is 26.3 Å². The molecule has 0 aromatic heterocycles. The van der Waals surface area contributed by atoms with Gasteiger partial charge in [0.15, 0.2) is 11.5 Å². The van der Waals surface area contributed by atoms with E-state index in [0.717, 1.165) is 19.3 Å². The number of alkyl halides is 2. The van der Waals surface area contributed by atoms with Gasteiger partial charge in [-0.25, -0.2) is 4.79 Å². The minimum Gasteiger partial charge on any atom is -0.493 e. The predicted octanol–water partition coefficient (Wildman–Crippen LogP) is 4.21. The Labute approximate surface area is 139 Å². The van der Waals surface area contributed by atoms with Gasteiger partial charge in [0.1, 0.15) is 0 Å². The summed E-state index contributed by atoms with van der Waals surface area (Å²) >= 11 is 0. The van der Waals surface area contributed by atoms with Crippen LogP contribution in [0.15, 0.2) is 36.4 Å². The van der Waals surface area contributed by atoms with Crippen LogP contribution in [0.5, 0.6) is 11.5 Å². The molecule has 1 aliphatic carbocycles. The number of carbonyl (C=O) groups excluding carboxylic acids is 1. The topological polar surface area (TPSA) is 44.8 Å². The van der Waals surface area contributed by atoms with Crippen molar-refractivity contribution in [3.8, 4) is 11.5 Å². The van der Waals surface area contributed by atoms with Crippen LogP contribution in [0.4, 0.5) is 8.78 Å². The van der Waals surface area contributed by atoms with Crippen molar-refractivity contribution in [2.45, 2.75) is 25.9 Å². The van der Waals surface area contributed by atoms with Crippen molar-refractivity contribution in [1.29, 1.82) is 0 Å². The lowest BCUT2D eigenvalue weighted by molar-refractivity contribution is -0.139. The lowest BCUT2D eigenvalue weighted by Gasteiger charge is -2.16. The third-order valence-corrected chi connectivity index (χ3v) is 3.65. The molecule has 1 aliphatic rings. The number of allylic oxidation sites excluding steroid dienone is 2. The number of halogens is 2. The van der Waals surface area contributed by atoms with Gasteiger partial charge in [0.05, 0.1) is 13.7 Å².